The summed E-state index contributed by atoms with van der Waals surface area (Å²) < 4.78 is 5.64. The fourth-order valence-electron chi connectivity index (χ4n) is 4.07. The van der Waals surface area contributed by atoms with E-state index in [1.165, 1.54) is 6.07 Å². The first-order valence-electron chi connectivity index (χ1n) is 12.6. The minimum Gasteiger partial charge on any atom is -0.490 e. The zero-order valence-corrected chi connectivity index (χ0v) is 21.6. The first-order chi connectivity index (χ1) is 17.3. The summed E-state index contributed by atoms with van der Waals surface area (Å²) in [5.74, 6) is 1.03. The number of rotatable bonds is 12. The van der Waals surface area contributed by atoms with Gasteiger partial charge in [-0.25, -0.2) is 4.98 Å². The number of benzene rings is 2. The SMILES string of the molecule is CCCCc1nc(-c2ccc(CC(CCO)NC(=O)c3ccc(OC(C)C)c(C#N)c3)cc2)[nH]c1C. The average molecular weight is 489 g/mol. The molecule has 36 heavy (non-hydrogen) atoms. The molecule has 7 nitrogen and oxygen atoms in total. The number of aromatic amines is 1. The van der Waals surface area contributed by atoms with Crippen molar-refractivity contribution in [3.8, 4) is 23.2 Å². The van der Waals surface area contributed by atoms with E-state index in [9.17, 15) is 15.2 Å². The number of ether oxygens (including phenoxy) is 1. The van der Waals surface area contributed by atoms with Gasteiger partial charge in [-0.1, -0.05) is 37.6 Å². The maximum absolute atomic E-state index is 12.9. The lowest BCUT2D eigenvalue weighted by Gasteiger charge is -2.19. The molecule has 1 atom stereocenters. The third kappa shape index (κ3) is 7.19. The van der Waals surface area contributed by atoms with E-state index >= 15 is 0 Å². The predicted octanol–water partition coefficient (Wildman–Crippen LogP) is 5.11. The minimum absolute atomic E-state index is 0.0418. The first-order valence-corrected chi connectivity index (χ1v) is 12.6. The van der Waals surface area contributed by atoms with E-state index in [1.54, 1.807) is 12.1 Å². The van der Waals surface area contributed by atoms with Crippen LogP contribution in [0.25, 0.3) is 11.4 Å². The van der Waals surface area contributed by atoms with Gasteiger partial charge in [0.15, 0.2) is 0 Å². The number of carbonyl (C=O) groups excluding carboxylic acids is 1. The molecule has 1 amide bonds. The van der Waals surface area contributed by atoms with Gasteiger partial charge in [0.25, 0.3) is 5.91 Å². The third-order valence-corrected chi connectivity index (χ3v) is 6.00. The molecule has 0 spiro atoms. The summed E-state index contributed by atoms with van der Waals surface area (Å²) in [6.07, 6.45) is 4.16. The molecule has 3 rings (SSSR count). The summed E-state index contributed by atoms with van der Waals surface area (Å²) in [6.45, 7) is 7.96. The lowest BCUT2D eigenvalue weighted by Crippen LogP contribution is -2.37. The number of nitrogens with one attached hydrogen (secondary N) is 2. The van der Waals surface area contributed by atoms with E-state index in [-0.39, 0.29) is 24.7 Å². The second kappa shape index (κ2) is 12.9. The maximum Gasteiger partial charge on any atom is 0.251 e. The Morgan fingerprint density at radius 2 is 1.97 bits per heavy atom. The van der Waals surface area contributed by atoms with E-state index in [0.717, 1.165) is 47.6 Å². The summed E-state index contributed by atoms with van der Waals surface area (Å²) in [7, 11) is 0. The van der Waals surface area contributed by atoms with Gasteiger partial charge in [0.1, 0.15) is 17.6 Å². The number of aryl methyl sites for hydroxylation is 2. The number of amides is 1. The molecule has 2 aromatic carbocycles. The van der Waals surface area contributed by atoms with Crippen LogP contribution in [-0.2, 0) is 12.8 Å². The molecule has 0 aliphatic heterocycles. The highest BCUT2D eigenvalue weighted by atomic mass is 16.5. The number of carbonyl (C=O) groups is 1. The van der Waals surface area contributed by atoms with Crippen LogP contribution < -0.4 is 10.1 Å². The van der Waals surface area contributed by atoms with Crippen LogP contribution in [0.1, 0.15) is 72.9 Å². The van der Waals surface area contributed by atoms with Crippen molar-refractivity contribution in [3.63, 3.8) is 0 Å². The fourth-order valence-corrected chi connectivity index (χ4v) is 4.07. The lowest BCUT2D eigenvalue weighted by molar-refractivity contribution is 0.0930. The standard InChI is InChI=1S/C29H36N4O3/c1-5-6-7-26-20(4)31-28(33-26)22-10-8-21(9-11-22)16-25(14-15-34)32-29(35)23-12-13-27(36-19(2)3)24(17-23)18-30/h8-13,17,19,25,34H,5-7,14-16H2,1-4H3,(H,31,33)(H,32,35). The van der Waals surface area contributed by atoms with Crippen LogP contribution in [-0.4, -0.2) is 39.7 Å². The molecule has 1 unspecified atom stereocenters. The largest absolute Gasteiger partial charge is 0.490 e. The first kappa shape index (κ1) is 27.0. The van der Waals surface area contributed by atoms with Crippen LogP contribution >= 0.6 is 0 Å². The quantitative estimate of drug-likeness (QED) is 0.328. The molecule has 3 N–H and O–H groups in total. The number of nitriles is 1. The van der Waals surface area contributed by atoms with E-state index in [4.69, 9.17) is 9.72 Å². The predicted molar refractivity (Wildman–Crippen MR) is 141 cm³/mol. The normalized spacial score (nSPS) is 11.8. The Morgan fingerprint density at radius 1 is 1.22 bits per heavy atom. The zero-order chi connectivity index (χ0) is 26.1. The van der Waals surface area contributed by atoms with Crippen LogP contribution in [0.15, 0.2) is 42.5 Å². The number of imidazole rings is 1. The molecule has 190 valence electrons. The van der Waals surface area contributed by atoms with Crippen molar-refractivity contribution in [2.75, 3.05) is 6.61 Å². The maximum atomic E-state index is 12.9. The summed E-state index contributed by atoms with van der Waals surface area (Å²) in [5, 5.41) is 22.0. The molecule has 0 fully saturated rings. The second-order valence-corrected chi connectivity index (χ2v) is 9.33. The van der Waals surface area contributed by atoms with Crippen molar-refractivity contribution in [3.05, 3.63) is 70.5 Å². The second-order valence-electron chi connectivity index (χ2n) is 9.33. The van der Waals surface area contributed by atoms with Gasteiger partial charge in [-0.05, 0) is 70.2 Å². The van der Waals surface area contributed by atoms with Gasteiger partial charge in [0, 0.05) is 29.5 Å². The van der Waals surface area contributed by atoms with Crippen LogP contribution in [0.3, 0.4) is 0 Å². The number of hydrogen-bond acceptors (Lipinski definition) is 5. The molecular weight excluding hydrogens is 452 g/mol. The highest BCUT2D eigenvalue weighted by molar-refractivity contribution is 5.95. The van der Waals surface area contributed by atoms with Gasteiger partial charge in [0.05, 0.1) is 17.4 Å². The number of hydrogen-bond donors (Lipinski definition) is 3. The number of unbranched alkanes of at least 4 members (excludes halogenated alkanes) is 1. The highest BCUT2D eigenvalue weighted by Gasteiger charge is 2.17. The highest BCUT2D eigenvalue weighted by Crippen LogP contribution is 2.22. The van der Waals surface area contributed by atoms with Gasteiger partial charge in [-0.2, -0.15) is 5.26 Å². The topological polar surface area (TPSA) is 111 Å². The number of aliphatic hydroxyl groups is 1. The van der Waals surface area contributed by atoms with Gasteiger partial charge < -0.3 is 20.1 Å². The Balaban J connectivity index is 1.68. The van der Waals surface area contributed by atoms with Crippen molar-refractivity contribution >= 4 is 5.91 Å². The van der Waals surface area contributed by atoms with Crippen molar-refractivity contribution in [1.29, 1.82) is 5.26 Å². The van der Waals surface area contributed by atoms with E-state index in [2.05, 4.69) is 30.2 Å². The number of aliphatic hydroxyl groups excluding tert-OH is 1. The Morgan fingerprint density at radius 3 is 2.61 bits per heavy atom. The van der Waals surface area contributed by atoms with E-state index in [0.29, 0.717) is 29.7 Å². The lowest BCUT2D eigenvalue weighted by atomic mass is 10.0. The Labute approximate surface area is 213 Å². The number of aromatic nitrogens is 2. The summed E-state index contributed by atoms with van der Waals surface area (Å²) in [6, 6.07) is 14.8. The van der Waals surface area contributed by atoms with E-state index < -0.39 is 0 Å². The Bertz CT molecular complexity index is 1190. The monoisotopic (exact) mass is 488 g/mol. The van der Waals surface area contributed by atoms with Crippen molar-refractivity contribution in [1.82, 2.24) is 15.3 Å². The Hall–Kier alpha value is -3.63. The van der Waals surface area contributed by atoms with Gasteiger partial charge in [-0.15, -0.1) is 0 Å². The number of nitrogens with zero attached hydrogens (tertiary/aromatic N) is 2. The molecule has 3 aromatic rings. The third-order valence-electron chi connectivity index (χ3n) is 6.00. The van der Waals surface area contributed by atoms with Crippen LogP contribution in [0.2, 0.25) is 0 Å². The summed E-state index contributed by atoms with van der Waals surface area (Å²) in [5.41, 5.74) is 4.98. The van der Waals surface area contributed by atoms with Gasteiger partial charge in [0.2, 0.25) is 0 Å². The molecule has 1 aromatic heterocycles. The van der Waals surface area contributed by atoms with Crippen LogP contribution in [0.5, 0.6) is 5.75 Å². The molecule has 0 aliphatic rings. The average Bonchev–Trinajstić information content (AvgIpc) is 3.23. The van der Waals surface area contributed by atoms with Gasteiger partial charge >= 0.3 is 0 Å². The minimum atomic E-state index is -0.289. The molecular formula is C29H36N4O3. The summed E-state index contributed by atoms with van der Waals surface area (Å²) in [4.78, 5) is 21.1. The molecule has 7 heteroatoms. The Kier molecular flexibility index (Phi) is 9.66. The van der Waals surface area contributed by atoms with Gasteiger partial charge in [-0.3, -0.25) is 4.79 Å². The molecule has 1 heterocycles. The molecule has 0 bridgehead atoms. The van der Waals surface area contributed by atoms with Crippen LogP contribution in [0.4, 0.5) is 0 Å². The van der Waals surface area contributed by atoms with Crippen LogP contribution in [0, 0.1) is 18.3 Å². The van der Waals surface area contributed by atoms with Crippen molar-refractivity contribution < 1.29 is 14.6 Å². The summed E-state index contributed by atoms with van der Waals surface area (Å²) >= 11 is 0. The molecule has 0 aliphatic carbocycles. The molecule has 0 saturated heterocycles. The number of H-pyrrole nitrogens is 1. The van der Waals surface area contributed by atoms with Crippen molar-refractivity contribution in [2.24, 2.45) is 0 Å². The molecule has 0 saturated carbocycles. The zero-order valence-electron chi connectivity index (χ0n) is 21.6. The smallest absolute Gasteiger partial charge is 0.251 e. The molecule has 0 radical (unpaired) electrons. The van der Waals surface area contributed by atoms with Crippen molar-refractivity contribution in [2.45, 2.75) is 71.9 Å². The van der Waals surface area contributed by atoms with E-state index in [1.807, 2.05) is 38.1 Å². The fraction of sp³-hybridized carbons (Fsp3) is 0.414.